The number of hydrogen-bond acceptors (Lipinski definition) is 3. The molecule has 5 heteroatoms. The first kappa shape index (κ1) is 17.7. The van der Waals surface area contributed by atoms with Crippen LogP contribution in [0.15, 0.2) is 48.8 Å². The number of rotatable bonds is 4. The summed E-state index contributed by atoms with van der Waals surface area (Å²) < 4.78 is 2.02. The van der Waals surface area contributed by atoms with Gasteiger partial charge in [-0.3, -0.25) is 9.69 Å². The number of carbonyl (C=O) groups is 1. The molecule has 1 aromatic carbocycles. The predicted octanol–water partition coefficient (Wildman–Crippen LogP) is 2.70. The molecule has 1 unspecified atom stereocenters. The van der Waals surface area contributed by atoms with E-state index in [-0.39, 0.29) is 5.91 Å². The fraction of sp³-hybridized carbons (Fsp3) is 0.364. The van der Waals surface area contributed by atoms with Crippen LogP contribution in [0.5, 0.6) is 0 Å². The smallest absolute Gasteiger partial charge is 0.228 e. The van der Waals surface area contributed by atoms with Gasteiger partial charge in [0.05, 0.1) is 12.1 Å². The standard InChI is InChI=1S/C22H26N4O/c1-16-7-6-10-26-19(13-23-22(16)26)12-21(27)25(3)15-20-11-17-8-4-5-9-18(17)14-24(20)2/h4-10,13,20H,11-12,14-15H2,1-3H3. The predicted molar refractivity (Wildman–Crippen MR) is 107 cm³/mol. The van der Waals surface area contributed by atoms with Gasteiger partial charge in [-0.05, 0) is 43.1 Å². The minimum Gasteiger partial charge on any atom is -0.344 e. The highest BCUT2D eigenvalue weighted by atomic mass is 16.2. The number of amides is 1. The van der Waals surface area contributed by atoms with Gasteiger partial charge in [0.15, 0.2) is 0 Å². The molecule has 0 aliphatic carbocycles. The molecule has 0 saturated carbocycles. The van der Waals surface area contributed by atoms with E-state index in [4.69, 9.17) is 0 Å². The van der Waals surface area contributed by atoms with Crippen molar-refractivity contribution in [1.82, 2.24) is 19.2 Å². The zero-order valence-electron chi connectivity index (χ0n) is 16.2. The maximum absolute atomic E-state index is 12.8. The van der Waals surface area contributed by atoms with Crippen LogP contribution < -0.4 is 0 Å². The lowest BCUT2D eigenvalue weighted by Crippen LogP contribution is -2.46. The van der Waals surface area contributed by atoms with E-state index >= 15 is 0 Å². The molecule has 0 bridgehead atoms. The Kier molecular flexibility index (Phi) is 4.70. The average Bonchev–Trinajstić information content (AvgIpc) is 3.06. The first-order valence-corrected chi connectivity index (χ1v) is 9.45. The average molecular weight is 362 g/mol. The van der Waals surface area contributed by atoms with Gasteiger partial charge in [0.2, 0.25) is 5.91 Å². The van der Waals surface area contributed by atoms with Gasteiger partial charge in [-0.1, -0.05) is 30.3 Å². The van der Waals surface area contributed by atoms with Crippen LogP contribution in [0.25, 0.3) is 5.65 Å². The highest BCUT2D eigenvalue weighted by Gasteiger charge is 2.25. The number of carbonyl (C=O) groups excluding carboxylic acids is 1. The van der Waals surface area contributed by atoms with E-state index in [1.54, 1.807) is 0 Å². The second-order valence-corrected chi connectivity index (χ2v) is 7.63. The number of fused-ring (bicyclic) bond motifs is 2. The van der Waals surface area contributed by atoms with Crippen molar-refractivity contribution in [3.63, 3.8) is 0 Å². The molecule has 0 radical (unpaired) electrons. The van der Waals surface area contributed by atoms with Gasteiger partial charge in [0, 0.05) is 38.6 Å². The van der Waals surface area contributed by atoms with Gasteiger partial charge in [-0.2, -0.15) is 0 Å². The highest BCUT2D eigenvalue weighted by molar-refractivity contribution is 5.78. The molecule has 3 heterocycles. The van der Waals surface area contributed by atoms with Crippen molar-refractivity contribution in [3.8, 4) is 0 Å². The molecular weight excluding hydrogens is 336 g/mol. The Morgan fingerprint density at radius 2 is 2.00 bits per heavy atom. The molecule has 2 aromatic heterocycles. The third kappa shape index (κ3) is 3.47. The lowest BCUT2D eigenvalue weighted by atomic mass is 9.94. The summed E-state index contributed by atoms with van der Waals surface area (Å²) in [5.41, 5.74) is 5.77. The molecule has 1 aliphatic heterocycles. The van der Waals surface area contributed by atoms with Gasteiger partial charge >= 0.3 is 0 Å². The molecule has 0 N–H and O–H groups in total. The lowest BCUT2D eigenvalue weighted by Gasteiger charge is -2.36. The van der Waals surface area contributed by atoms with Crippen LogP contribution in [-0.2, 0) is 24.2 Å². The van der Waals surface area contributed by atoms with Crippen molar-refractivity contribution in [3.05, 3.63) is 71.2 Å². The molecule has 0 fully saturated rings. The minimum atomic E-state index is 0.130. The fourth-order valence-electron chi connectivity index (χ4n) is 3.96. The number of imidazole rings is 1. The first-order valence-electron chi connectivity index (χ1n) is 9.45. The SMILES string of the molecule is Cc1cccn2c(CC(=O)N(C)CC3Cc4ccccc4CN3C)cnc12. The van der Waals surface area contributed by atoms with Crippen molar-refractivity contribution >= 4 is 11.6 Å². The van der Waals surface area contributed by atoms with Crippen molar-refractivity contribution in [2.45, 2.75) is 32.4 Å². The van der Waals surface area contributed by atoms with E-state index in [2.05, 4.69) is 41.2 Å². The minimum absolute atomic E-state index is 0.130. The number of pyridine rings is 1. The molecule has 4 rings (SSSR count). The number of aromatic nitrogens is 2. The molecule has 27 heavy (non-hydrogen) atoms. The van der Waals surface area contributed by atoms with Crippen LogP contribution in [0.1, 0.15) is 22.4 Å². The first-order chi connectivity index (χ1) is 13.0. The number of aryl methyl sites for hydroxylation is 1. The van der Waals surface area contributed by atoms with Crippen molar-refractivity contribution in [1.29, 1.82) is 0 Å². The van der Waals surface area contributed by atoms with Crippen molar-refractivity contribution in [2.75, 3.05) is 20.6 Å². The zero-order chi connectivity index (χ0) is 19.0. The summed E-state index contributed by atoms with van der Waals surface area (Å²) in [6.45, 7) is 3.71. The Morgan fingerprint density at radius 3 is 2.81 bits per heavy atom. The number of hydrogen-bond donors (Lipinski definition) is 0. The molecule has 140 valence electrons. The number of likely N-dealkylation sites (N-methyl/N-ethyl adjacent to an activating group) is 2. The maximum atomic E-state index is 12.8. The normalized spacial score (nSPS) is 17.1. The Morgan fingerprint density at radius 1 is 1.22 bits per heavy atom. The summed E-state index contributed by atoms with van der Waals surface area (Å²) in [4.78, 5) is 21.5. The lowest BCUT2D eigenvalue weighted by molar-refractivity contribution is -0.130. The van der Waals surface area contributed by atoms with Crippen LogP contribution in [0.3, 0.4) is 0 Å². The van der Waals surface area contributed by atoms with Crippen LogP contribution in [-0.4, -0.2) is 51.8 Å². The van der Waals surface area contributed by atoms with E-state index in [0.717, 1.165) is 36.4 Å². The van der Waals surface area contributed by atoms with Crippen LogP contribution in [0.2, 0.25) is 0 Å². The Labute approximate surface area is 160 Å². The maximum Gasteiger partial charge on any atom is 0.228 e. The van der Waals surface area contributed by atoms with Crippen LogP contribution in [0.4, 0.5) is 0 Å². The molecular formula is C22H26N4O. The summed E-state index contributed by atoms with van der Waals surface area (Å²) in [5, 5.41) is 0. The Hall–Kier alpha value is -2.66. The Bertz CT molecular complexity index is 977. The van der Waals surface area contributed by atoms with Crippen molar-refractivity contribution < 1.29 is 4.79 Å². The topological polar surface area (TPSA) is 40.9 Å². The van der Waals surface area contributed by atoms with E-state index in [1.807, 2.05) is 47.8 Å². The monoisotopic (exact) mass is 362 g/mol. The van der Waals surface area contributed by atoms with E-state index in [0.29, 0.717) is 12.5 Å². The molecule has 3 aromatic rings. The fourth-order valence-corrected chi connectivity index (χ4v) is 3.96. The van der Waals surface area contributed by atoms with E-state index < -0.39 is 0 Å². The third-order valence-corrected chi connectivity index (χ3v) is 5.67. The molecule has 1 aliphatic rings. The molecule has 0 saturated heterocycles. The van der Waals surface area contributed by atoms with Gasteiger partial charge in [-0.15, -0.1) is 0 Å². The summed E-state index contributed by atoms with van der Waals surface area (Å²) in [5.74, 6) is 0.130. The molecule has 1 amide bonds. The molecule has 5 nitrogen and oxygen atoms in total. The third-order valence-electron chi connectivity index (χ3n) is 5.67. The highest BCUT2D eigenvalue weighted by Crippen LogP contribution is 2.22. The summed E-state index contributed by atoms with van der Waals surface area (Å²) >= 11 is 0. The van der Waals surface area contributed by atoms with Crippen molar-refractivity contribution in [2.24, 2.45) is 0 Å². The molecule has 1 atom stereocenters. The Balaban J connectivity index is 1.44. The van der Waals surface area contributed by atoms with Gasteiger partial charge in [-0.25, -0.2) is 4.98 Å². The largest absolute Gasteiger partial charge is 0.344 e. The summed E-state index contributed by atoms with van der Waals surface area (Å²) in [6, 6.07) is 13.0. The van der Waals surface area contributed by atoms with Gasteiger partial charge < -0.3 is 9.30 Å². The summed E-state index contributed by atoms with van der Waals surface area (Å²) in [6.07, 6.45) is 5.15. The van der Waals surface area contributed by atoms with Crippen LogP contribution >= 0.6 is 0 Å². The second-order valence-electron chi connectivity index (χ2n) is 7.63. The number of benzene rings is 1. The van der Waals surface area contributed by atoms with Gasteiger partial charge in [0.25, 0.3) is 0 Å². The van der Waals surface area contributed by atoms with E-state index in [1.165, 1.54) is 11.1 Å². The van der Waals surface area contributed by atoms with E-state index in [9.17, 15) is 4.79 Å². The van der Waals surface area contributed by atoms with Gasteiger partial charge in [0.1, 0.15) is 5.65 Å². The van der Waals surface area contributed by atoms with Crippen LogP contribution in [0, 0.1) is 6.92 Å². The second kappa shape index (κ2) is 7.16. The zero-order valence-corrected chi connectivity index (χ0v) is 16.2. The molecule has 0 spiro atoms. The quantitative estimate of drug-likeness (QED) is 0.717. The summed E-state index contributed by atoms with van der Waals surface area (Å²) in [7, 11) is 4.05. The number of nitrogens with zero attached hydrogens (tertiary/aromatic N) is 4.